The molecule has 6 nitrogen and oxygen atoms in total. The van der Waals surface area contributed by atoms with Gasteiger partial charge in [0.2, 0.25) is 0 Å². The first-order chi connectivity index (χ1) is 9.93. The van der Waals surface area contributed by atoms with E-state index in [1.54, 1.807) is 18.2 Å². The molecule has 0 aliphatic rings. The molecule has 0 atom stereocenters. The Hall–Kier alpha value is -2.34. The van der Waals surface area contributed by atoms with Gasteiger partial charge in [0.15, 0.2) is 0 Å². The van der Waals surface area contributed by atoms with E-state index in [0.717, 1.165) is 12.6 Å². The lowest BCUT2D eigenvalue weighted by atomic mass is 10.1. The van der Waals surface area contributed by atoms with Crippen LogP contribution in [0, 0.1) is 0 Å². The van der Waals surface area contributed by atoms with Crippen molar-refractivity contribution in [2.75, 3.05) is 34.3 Å². The number of carbonyl (C=O) groups excluding carboxylic acids is 1. The Morgan fingerprint density at radius 2 is 2.10 bits per heavy atom. The highest BCUT2D eigenvalue weighted by Gasteiger charge is 2.09. The molecule has 0 saturated heterocycles. The second kappa shape index (κ2) is 8.06. The number of hydrogen-bond acceptors (Lipinski definition) is 4. The van der Waals surface area contributed by atoms with Gasteiger partial charge < -0.3 is 20.1 Å². The van der Waals surface area contributed by atoms with Gasteiger partial charge in [0.05, 0.1) is 7.11 Å². The van der Waals surface area contributed by atoms with Crippen molar-refractivity contribution in [2.45, 2.75) is 0 Å². The predicted molar refractivity (Wildman–Crippen MR) is 80.6 cm³/mol. The quantitative estimate of drug-likeness (QED) is 0.735. The number of carboxylic acids is 1. The number of carbonyl (C=O) groups is 2. The molecule has 0 heterocycles. The number of rotatable bonds is 7. The molecule has 0 spiro atoms. The van der Waals surface area contributed by atoms with Crippen molar-refractivity contribution in [2.24, 2.45) is 0 Å². The molecule has 1 aromatic carbocycles. The Morgan fingerprint density at radius 1 is 1.38 bits per heavy atom. The van der Waals surface area contributed by atoms with Gasteiger partial charge in [0.1, 0.15) is 5.75 Å². The maximum Gasteiger partial charge on any atom is 0.328 e. The fourth-order valence-electron chi connectivity index (χ4n) is 1.66. The average molecular weight is 292 g/mol. The van der Waals surface area contributed by atoms with Crippen LogP contribution < -0.4 is 10.1 Å². The number of aliphatic carboxylic acids is 1. The molecule has 21 heavy (non-hydrogen) atoms. The van der Waals surface area contributed by atoms with E-state index in [1.807, 2.05) is 19.0 Å². The van der Waals surface area contributed by atoms with Gasteiger partial charge >= 0.3 is 5.97 Å². The average Bonchev–Trinajstić information content (AvgIpc) is 2.44. The number of nitrogens with one attached hydrogen (secondary N) is 1. The van der Waals surface area contributed by atoms with Crippen molar-refractivity contribution in [3.05, 3.63) is 35.4 Å². The van der Waals surface area contributed by atoms with Crippen LogP contribution in [0.1, 0.15) is 15.9 Å². The number of amides is 1. The summed E-state index contributed by atoms with van der Waals surface area (Å²) < 4.78 is 5.14. The Morgan fingerprint density at radius 3 is 2.67 bits per heavy atom. The summed E-state index contributed by atoms with van der Waals surface area (Å²) in [5, 5.41) is 11.5. The Bertz CT molecular complexity index is 538. The van der Waals surface area contributed by atoms with Gasteiger partial charge in [-0.25, -0.2) is 4.79 Å². The molecule has 0 aliphatic carbocycles. The first-order valence-corrected chi connectivity index (χ1v) is 6.46. The number of methoxy groups -OCH3 is 1. The first-order valence-electron chi connectivity index (χ1n) is 6.46. The molecule has 2 N–H and O–H groups in total. The summed E-state index contributed by atoms with van der Waals surface area (Å²) in [4.78, 5) is 24.6. The molecular weight excluding hydrogens is 272 g/mol. The lowest BCUT2D eigenvalue weighted by molar-refractivity contribution is -0.131. The highest BCUT2D eigenvalue weighted by atomic mass is 16.5. The molecule has 0 aliphatic heterocycles. The molecule has 114 valence electrons. The maximum atomic E-state index is 12.0. The number of hydrogen-bond donors (Lipinski definition) is 2. The smallest absolute Gasteiger partial charge is 0.328 e. The van der Waals surface area contributed by atoms with E-state index in [-0.39, 0.29) is 5.91 Å². The van der Waals surface area contributed by atoms with Crippen molar-refractivity contribution >= 4 is 18.0 Å². The summed E-state index contributed by atoms with van der Waals surface area (Å²) in [6, 6.07) is 4.88. The molecule has 1 amide bonds. The zero-order valence-electron chi connectivity index (χ0n) is 12.4. The van der Waals surface area contributed by atoms with Crippen LogP contribution in [0.15, 0.2) is 24.3 Å². The van der Waals surface area contributed by atoms with E-state index in [2.05, 4.69) is 5.32 Å². The lowest BCUT2D eigenvalue weighted by Gasteiger charge is -2.11. The fraction of sp³-hybridized carbons (Fsp3) is 0.333. The molecule has 0 saturated carbocycles. The Kier molecular flexibility index (Phi) is 6.42. The molecule has 0 unspecified atom stereocenters. The van der Waals surface area contributed by atoms with Crippen LogP contribution in [0.4, 0.5) is 0 Å². The Balaban J connectivity index is 2.86. The van der Waals surface area contributed by atoms with Crippen LogP contribution in [0.2, 0.25) is 0 Å². The summed E-state index contributed by atoms with van der Waals surface area (Å²) in [5.41, 5.74) is 1.000. The Labute approximate surface area is 124 Å². The molecule has 6 heteroatoms. The second-order valence-corrected chi connectivity index (χ2v) is 4.69. The van der Waals surface area contributed by atoms with E-state index in [4.69, 9.17) is 9.84 Å². The van der Waals surface area contributed by atoms with Crippen LogP contribution in [-0.2, 0) is 4.79 Å². The summed E-state index contributed by atoms with van der Waals surface area (Å²) in [6.45, 7) is 1.28. The molecule has 0 fully saturated rings. The standard InChI is InChI=1S/C15H20N2O4/c1-17(2)9-8-16-15(20)12-4-6-13(21-3)11(10-12)5-7-14(18)19/h4-7,10H,8-9H2,1-3H3,(H,16,20)(H,18,19). The summed E-state index contributed by atoms with van der Waals surface area (Å²) >= 11 is 0. The van der Waals surface area contributed by atoms with E-state index < -0.39 is 5.97 Å². The number of likely N-dealkylation sites (N-methyl/N-ethyl adjacent to an activating group) is 1. The normalized spacial score (nSPS) is 10.9. The van der Waals surface area contributed by atoms with E-state index >= 15 is 0 Å². The second-order valence-electron chi connectivity index (χ2n) is 4.69. The van der Waals surface area contributed by atoms with E-state index in [1.165, 1.54) is 13.2 Å². The predicted octanol–water partition coefficient (Wildman–Crippen LogP) is 1.08. The first kappa shape index (κ1) is 16.7. The van der Waals surface area contributed by atoms with Crippen LogP contribution in [0.3, 0.4) is 0 Å². The van der Waals surface area contributed by atoms with Gasteiger partial charge in [-0.3, -0.25) is 4.79 Å². The van der Waals surface area contributed by atoms with Crippen molar-refractivity contribution in [1.29, 1.82) is 0 Å². The highest BCUT2D eigenvalue weighted by Crippen LogP contribution is 2.21. The SMILES string of the molecule is COc1ccc(C(=O)NCCN(C)C)cc1C=CC(=O)O. The number of carboxylic acid groups (broad SMARTS) is 1. The van der Waals surface area contributed by atoms with Crippen LogP contribution >= 0.6 is 0 Å². The summed E-state index contributed by atoms with van der Waals surface area (Å²) in [5.74, 6) is -0.750. The fourth-order valence-corrected chi connectivity index (χ4v) is 1.66. The third-order valence-corrected chi connectivity index (χ3v) is 2.74. The minimum absolute atomic E-state index is 0.204. The van der Waals surface area contributed by atoms with Crippen molar-refractivity contribution in [3.63, 3.8) is 0 Å². The molecule has 0 radical (unpaired) electrons. The molecule has 1 aromatic rings. The third-order valence-electron chi connectivity index (χ3n) is 2.74. The summed E-state index contributed by atoms with van der Waals surface area (Å²) in [7, 11) is 5.34. The van der Waals surface area contributed by atoms with Gasteiger partial charge in [-0.15, -0.1) is 0 Å². The molecule has 1 rings (SSSR count). The minimum Gasteiger partial charge on any atom is -0.496 e. The topological polar surface area (TPSA) is 78.9 Å². The van der Waals surface area contributed by atoms with Crippen molar-refractivity contribution in [1.82, 2.24) is 10.2 Å². The van der Waals surface area contributed by atoms with E-state index in [0.29, 0.717) is 23.4 Å². The van der Waals surface area contributed by atoms with Crippen LogP contribution in [-0.4, -0.2) is 56.2 Å². The lowest BCUT2D eigenvalue weighted by Crippen LogP contribution is -2.31. The van der Waals surface area contributed by atoms with Crippen molar-refractivity contribution in [3.8, 4) is 5.75 Å². The van der Waals surface area contributed by atoms with Crippen LogP contribution in [0.5, 0.6) is 5.75 Å². The minimum atomic E-state index is -1.06. The number of ether oxygens (including phenoxy) is 1. The van der Waals surface area contributed by atoms with Crippen LogP contribution in [0.25, 0.3) is 6.08 Å². The molecule has 0 bridgehead atoms. The molecule has 0 aromatic heterocycles. The molecular formula is C15H20N2O4. The largest absolute Gasteiger partial charge is 0.496 e. The zero-order chi connectivity index (χ0) is 15.8. The number of benzene rings is 1. The van der Waals surface area contributed by atoms with Gasteiger partial charge in [0.25, 0.3) is 5.91 Å². The van der Waals surface area contributed by atoms with E-state index in [9.17, 15) is 9.59 Å². The van der Waals surface area contributed by atoms with Gasteiger partial charge in [-0.05, 0) is 38.4 Å². The van der Waals surface area contributed by atoms with Gasteiger partial charge in [-0.1, -0.05) is 0 Å². The number of nitrogens with zero attached hydrogens (tertiary/aromatic N) is 1. The summed E-state index contributed by atoms with van der Waals surface area (Å²) in [6.07, 6.45) is 2.41. The maximum absolute atomic E-state index is 12.0. The third kappa shape index (κ3) is 5.66. The van der Waals surface area contributed by atoms with Gasteiger partial charge in [-0.2, -0.15) is 0 Å². The zero-order valence-corrected chi connectivity index (χ0v) is 12.4. The monoisotopic (exact) mass is 292 g/mol. The highest BCUT2D eigenvalue weighted by molar-refractivity contribution is 5.95. The van der Waals surface area contributed by atoms with Crippen molar-refractivity contribution < 1.29 is 19.4 Å². The van der Waals surface area contributed by atoms with Gasteiger partial charge in [0, 0.05) is 30.3 Å².